The number of benzene rings is 1. The Bertz CT molecular complexity index is 761. The minimum atomic E-state index is -0.741. The molecule has 1 aromatic carbocycles. The summed E-state index contributed by atoms with van der Waals surface area (Å²) in [5.41, 5.74) is -0.962. The Balaban J connectivity index is 1.68. The van der Waals surface area contributed by atoms with Gasteiger partial charge in [-0.1, -0.05) is 36.7 Å². The summed E-state index contributed by atoms with van der Waals surface area (Å²) in [5, 5.41) is 3.00. The molecule has 3 atom stereocenters. The second-order valence-electron chi connectivity index (χ2n) is 7.68. The number of ether oxygens (including phenoxy) is 2. The molecule has 5 nitrogen and oxygen atoms in total. The van der Waals surface area contributed by atoms with Crippen molar-refractivity contribution in [2.24, 2.45) is 16.2 Å². The number of carbonyl (C=O) groups excluding carboxylic acids is 2. The molecule has 0 saturated heterocycles. The van der Waals surface area contributed by atoms with Crippen molar-refractivity contribution in [2.45, 2.75) is 38.4 Å². The smallest absolute Gasteiger partial charge is 0.232 e. The SMILES string of the molecule is CC1(C)[C@]2(C)CC[C@@]1(C(=O)Nc1ccc3c(c1)OCO3)[C@@H](Br)C2=O. The van der Waals surface area contributed by atoms with Crippen LogP contribution in [0.5, 0.6) is 11.5 Å². The molecule has 1 aromatic rings. The zero-order valence-corrected chi connectivity index (χ0v) is 15.5. The predicted octanol–water partition coefficient (Wildman–Crippen LogP) is 3.51. The summed E-state index contributed by atoms with van der Waals surface area (Å²) in [6, 6.07) is 5.34. The molecule has 6 heteroatoms. The number of hydrogen-bond acceptors (Lipinski definition) is 4. The number of Topliss-reactive ketones (excluding diaryl/α,β-unsaturated/α-hetero) is 1. The van der Waals surface area contributed by atoms with Crippen molar-refractivity contribution < 1.29 is 19.1 Å². The average molecular weight is 394 g/mol. The molecule has 24 heavy (non-hydrogen) atoms. The van der Waals surface area contributed by atoms with E-state index in [0.29, 0.717) is 23.6 Å². The van der Waals surface area contributed by atoms with E-state index < -0.39 is 21.1 Å². The maximum atomic E-state index is 13.2. The minimum absolute atomic E-state index is 0.109. The number of alkyl halides is 1. The Hall–Kier alpha value is -1.56. The third-order valence-corrected chi connectivity index (χ3v) is 7.95. The topological polar surface area (TPSA) is 64.6 Å². The molecule has 2 aliphatic carbocycles. The molecule has 1 heterocycles. The van der Waals surface area contributed by atoms with Crippen LogP contribution in [0.3, 0.4) is 0 Å². The zero-order chi connectivity index (χ0) is 17.3. The average Bonchev–Trinajstić information content (AvgIpc) is 3.10. The highest BCUT2D eigenvalue weighted by molar-refractivity contribution is 9.10. The number of halogens is 1. The number of fused-ring (bicyclic) bond motifs is 3. The van der Waals surface area contributed by atoms with Gasteiger partial charge in [0, 0.05) is 17.2 Å². The van der Waals surface area contributed by atoms with Crippen molar-refractivity contribution in [1.29, 1.82) is 0 Å². The second-order valence-corrected chi connectivity index (χ2v) is 8.59. The van der Waals surface area contributed by atoms with Gasteiger partial charge in [0.1, 0.15) is 0 Å². The van der Waals surface area contributed by atoms with Crippen LogP contribution in [0.25, 0.3) is 0 Å². The fourth-order valence-electron chi connectivity index (χ4n) is 4.67. The van der Waals surface area contributed by atoms with E-state index in [1.165, 1.54) is 0 Å². The molecule has 3 aliphatic rings. The van der Waals surface area contributed by atoms with Crippen LogP contribution < -0.4 is 14.8 Å². The number of carbonyl (C=O) groups is 2. The largest absolute Gasteiger partial charge is 0.454 e. The van der Waals surface area contributed by atoms with Crippen molar-refractivity contribution >= 4 is 33.3 Å². The summed E-state index contributed by atoms with van der Waals surface area (Å²) in [6.07, 6.45) is 1.45. The minimum Gasteiger partial charge on any atom is -0.454 e. The van der Waals surface area contributed by atoms with Gasteiger partial charge in [-0.2, -0.15) is 0 Å². The number of rotatable bonds is 2. The molecule has 128 valence electrons. The molecule has 0 spiro atoms. The number of ketones is 1. The normalized spacial score (nSPS) is 35.3. The molecule has 1 aliphatic heterocycles. The lowest BCUT2D eigenvalue weighted by molar-refractivity contribution is -0.130. The molecule has 0 unspecified atom stereocenters. The van der Waals surface area contributed by atoms with Crippen LogP contribution in [0.2, 0.25) is 0 Å². The monoisotopic (exact) mass is 393 g/mol. The van der Waals surface area contributed by atoms with Gasteiger partial charge in [-0.3, -0.25) is 9.59 Å². The first-order chi connectivity index (χ1) is 11.2. The highest BCUT2D eigenvalue weighted by Gasteiger charge is 2.76. The predicted molar refractivity (Wildman–Crippen MR) is 92.5 cm³/mol. The lowest BCUT2D eigenvalue weighted by Crippen LogP contribution is -2.47. The van der Waals surface area contributed by atoms with Crippen molar-refractivity contribution in [3.05, 3.63) is 18.2 Å². The van der Waals surface area contributed by atoms with Gasteiger partial charge in [-0.15, -0.1) is 0 Å². The van der Waals surface area contributed by atoms with E-state index >= 15 is 0 Å². The van der Waals surface area contributed by atoms with Crippen LogP contribution in [-0.2, 0) is 9.59 Å². The van der Waals surface area contributed by atoms with Gasteiger partial charge < -0.3 is 14.8 Å². The van der Waals surface area contributed by atoms with Gasteiger partial charge >= 0.3 is 0 Å². The fraction of sp³-hybridized carbons (Fsp3) is 0.556. The molecular formula is C18H20BrNO4. The van der Waals surface area contributed by atoms with E-state index in [4.69, 9.17) is 9.47 Å². The first kappa shape index (κ1) is 15.9. The third kappa shape index (κ3) is 1.65. The molecular weight excluding hydrogens is 374 g/mol. The van der Waals surface area contributed by atoms with Gasteiger partial charge in [-0.25, -0.2) is 0 Å². The molecule has 2 saturated carbocycles. The Morgan fingerprint density at radius 3 is 2.58 bits per heavy atom. The van der Waals surface area contributed by atoms with E-state index in [-0.39, 0.29) is 18.5 Å². The van der Waals surface area contributed by atoms with E-state index in [0.717, 1.165) is 6.42 Å². The molecule has 0 aromatic heterocycles. The van der Waals surface area contributed by atoms with Gasteiger partial charge in [0.2, 0.25) is 12.7 Å². The van der Waals surface area contributed by atoms with Crippen molar-refractivity contribution in [2.75, 3.05) is 12.1 Å². The highest BCUT2D eigenvalue weighted by Crippen LogP contribution is 2.72. The van der Waals surface area contributed by atoms with Crippen LogP contribution in [0, 0.1) is 16.2 Å². The summed E-state index contributed by atoms with van der Waals surface area (Å²) < 4.78 is 10.7. The van der Waals surface area contributed by atoms with Crippen molar-refractivity contribution in [3.8, 4) is 11.5 Å². The van der Waals surface area contributed by atoms with Gasteiger partial charge in [0.05, 0.1) is 10.2 Å². The Morgan fingerprint density at radius 2 is 1.92 bits per heavy atom. The van der Waals surface area contributed by atoms with Crippen molar-refractivity contribution in [1.82, 2.24) is 0 Å². The molecule has 4 rings (SSSR count). The van der Waals surface area contributed by atoms with E-state index in [9.17, 15) is 9.59 Å². The Kier molecular flexibility index (Phi) is 3.15. The molecule has 1 amide bonds. The summed E-state index contributed by atoms with van der Waals surface area (Å²) >= 11 is 3.54. The summed E-state index contributed by atoms with van der Waals surface area (Å²) in [4.78, 5) is 25.5. The molecule has 0 radical (unpaired) electrons. The molecule has 2 bridgehead atoms. The van der Waals surface area contributed by atoms with E-state index in [2.05, 4.69) is 21.2 Å². The van der Waals surface area contributed by atoms with Gasteiger partial charge in [-0.05, 0) is 30.4 Å². The second kappa shape index (κ2) is 4.75. The van der Waals surface area contributed by atoms with E-state index in [1.807, 2.05) is 20.8 Å². The van der Waals surface area contributed by atoms with Crippen LogP contribution in [0.4, 0.5) is 5.69 Å². The highest BCUT2D eigenvalue weighted by atomic mass is 79.9. The maximum Gasteiger partial charge on any atom is 0.232 e. The zero-order valence-electron chi connectivity index (χ0n) is 13.9. The van der Waals surface area contributed by atoms with E-state index in [1.54, 1.807) is 18.2 Å². The van der Waals surface area contributed by atoms with Crippen LogP contribution in [0.1, 0.15) is 33.6 Å². The fourth-order valence-corrected chi connectivity index (χ4v) is 6.19. The number of nitrogens with one attached hydrogen (secondary N) is 1. The van der Waals surface area contributed by atoms with Crippen LogP contribution in [0.15, 0.2) is 18.2 Å². The van der Waals surface area contributed by atoms with Crippen molar-refractivity contribution in [3.63, 3.8) is 0 Å². The van der Waals surface area contributed by atoms with Gasteiger partial charge in [0.15, 0.2) is 17.3 Å². The number of anilines is 1. The van der Waals surface area contributed by atoms with Crippen LogP contribution in [-0.4, -0.2) is 23.3 Å². The lowest BCUT2D eigenvalue weighted by atomic mass is 9.64. The first-order valence-corrected chi connectivity index (χ1v) is 9.05. The van der Waals surface area contributed by atoms with Crippen LogP contribution >= 0.6 is 15.9 Å². The quantitative estimate of drug-likeness (QED) is 0.780. The first-order valence-electron chi connectivity index (χ1n) is 8.13. The number of hydrogen-bond donors (Lipinski definition) is 1. The Morgan fingerprint density at radius 1 is 1.21 bits per heavy atom. The third-order valence-electron chi connectivity index (χ3n) is 6.76. The Labute approximate surface area is 149 Å². The van der Waals surface area contributed by atoms with Gasteiger partial charge in [0.25, 0.3) is 0 Å². The molecule has 2 fully saturated rings. The standard InChI is InChI=1S/C18H20BrNO4/c1-16(2)17(3)6-7-18(16,13(19)14(17)21)15(22)20-10-4-5-11-12(8-10)24-9-23-11/h4-5,8,13H,6-7,9H2,1-3H3,(H,20,22)/t13-,17+,18-/m0/s1. The molecule has 1 N–H and O–H groups in total. The number of amides is 1. The summed E-state index contributed by atoms with van der Waals surface area (Å²) in [5.74, 6) is 1.33. The lowest BCUT2D eigenvalue weighted by Gasteiger charge is -2.39. The summed E-state index contributed by atoms with van der Waals surface area (Å²) in [6.45, 7) is 6.27. The maximum absolute atomic E-state index is 13.2. The summed E-state index contributed by atoms with van der Waals surface area (Å²) in [7, 11) is 0.